The van der Waals surface area contributed by atoms with Crippen molar-refractivity contribution in [3.8, 4) is 0 Å². The predicted octanol–water partition coefficient (Wildman–Crippen LogP) is 6.61. The molecule has 1 heterocycles. The second-order valence-corrected chi connectivity index (χ2v) is 9.65. The van der Waals surface area contributed by atoms with Gasteiger partial charge in [0, 0.05) is 37.6 Å². The summed E-state index contributed by atoms with van der Waals surface area (Å²) in [4.78, 5) is 30.8. The average Bonchev–Trinajstić information content (AvgIpc) is 3.42. The van der Waals surface area contributed by atoms with Crippen molar-refractivity contribution in [3.05, 3.63) is 118 Å². The molecule has 0 saturated carbocycles. The SMILES string of the molecule is C[C@@H](c1ccccc1)N(Cc1cc(NC(=O)c2cccc(F)c2)ccc1N(C)C)C(=O)c1cccs1. The summed E-state index contributed by atoms with van der Waals surface area (Å²) in [7, 11) is 3.88. The molecule has 5 nitrogen and oxygen atoms in total. The van der Waals surface area contributed by atoms with E-state index >= 15 is 0 Å². The number of halogens is 1. The highest BCUT2D eigenvalue weighted by Gasteiger charge is 2.25. The molecule has 1 atom stereocenters. The first kappa shape index (κ1) is 25.1. The number of hydrogen-bond acceptors (Lipinski definition) is 4. The van der Waals surface area contributed by atoms with Crippen molar-refractivity contribution in [1.82, 2.24) is 4.90 Å². The number of amides is 2. The van der Waals surface area contributed by atoms with Crippen LogP contribution in [0.1, 0.15) is 44.1 Å². The number of anilines is 2. The van der Waals surface area contributed by atoms with Gasteiger partial charge in [0.2, 0.25) is 0 Å². The largest absolute Gasteiger partial charge is 0.377 e. The third-order valence-electron chi connectivity index (χ3n) is 5.99. The number of rotatable bonds is 8. The molecule has 36 heavy (non-hydrogen) atoms. The van der Waals surface area contributed by atoms with E-state index in [0.29, 0.717) is 17.1 Å². The van der Waals surface area contributed by atoms with Gasteiger partial charge in [-0.1, -0.05) is 42.5 Å². The van der Waals surface area contributed by atoms with E-state index < -0.39 is 11.7 Å². The fraction of sp³-hybridized carbons (Fsp3) is 0.172. The van der Waals surface area contributed by atoms with Crippen molar-refractivity contribution in [2.45, 2.75) is 19.5 Å². The lowest BCUT2D eigenvalue weighted by molar-refractivity contribution is 0.0679. The van der Waals surface area contributed by atoms with Crippen molar-refractivity contribution < 1.29 is 14.0 Å². The molecule has 0 spiro atoms. The van der Waals surface area contributed by atoms with E-state index in [1.54, 1.807) is 6.07 Å². The Morgan fingerprint density at radius 2 is 1.72 bits per heavy atom. The van der Waals surface area contributed by atoms with Gasteiger partial charge in [-0.2, -0.15) is 0 Å². The maximum absolute atomic E-state index is 13.6. The highest BCUT2D eigenvalue weighted by atomic mass is 32.1. The molecule has 0 radical (unpaired) electrons. The molecule has 0 aliphatic heterocycles. The van der Waals surface area contributed by atoms with Crippen LogP contribution in [0.2, 0.25) is 0 Å². The third kappa shape index (κ3) is 5.80. The van der Waals surface area contributed by atoms with E-state index in [0.717, 1.165) is 16.8 Å². The normalized spacial score (nSPS) is 11.6. The molecule has 1 N–H and O–H groups in total. The van der Waals surface area contributed by atoms with Gasteiger partial charge in [0.1, 0.15) is 5.82 Å². The maximum atomic E-state index is 13.6. The molecule has 0 aliphatic carbocycles. The van der Waals surface area contributed by atoms with Crippen LogP contribution in [-0.2, 0) is 6.54 Å². The van der Waals surface area contributed by atoms with Crippen LogP contribution in [0.15, 0.2) is 90.3 Å². The zero-order chi connectivity index (χ0) is 25.7. The van der Waals surface area contributed by atoms with E-state index in [1.807, 2.05) is 96.9 Å². The van der Waals surface area contributed by atoms with E-state index in [-0.39, 0.29) is 17.5 Å². The lowest BCUT2D eigenvalue weighted by atomic mass is 10.0. The summed E-state index contributed by atoms with van der Waals surface area (Å²) in [5, 5.41) is 4.75. The topological polar surface area (TPSA) is 52.7 Å². The van der Waals surface area contributed by atoms with Gasteiger partial charge < -0.3 is 15.1 Å². The summed E-state index contributed by atoms with van der Waals surface area (Å²) >= 11 is 1.41. The molecular formula is C29H28FN3O2S. The summed E-state index contributed by atoms with van der Waals surface area (Å²) < 4.78 is 13.6. The van der Waals surface area contributed by atoms with E-state index in [4.69, 9.17) is 0 Å². The van der Waals surface area contributed by atoms with Crippen molar-refractivity contribution in [3.63, 3.8) is 0 Å². The van der Waals surface area contributed by atoms with Gasteiger partial charge in [0.25, 0.3) is 11.8 Å². The Kier molecular flexibility index (Phi) is 7.80. The summed E-state index contributed by atoms with van der Waals surface area (Å²) in [6.07, 6.45) is 0. The molecule has 0 unspecified atom stereocenters. The van der Waals surface area contributed by atoms with Gasteiger partial charge in [-0.3, -0.25) is 9.59 Å². The van der Waals surface area contributed by atoms with E-state index in [9.17, 15) is 14.0 Å². The monoisotopic (exact) mass is 501 g/mol. The highest BCUT2D eigenvalue weighted by molar-refractivity contribution is 7.12. The standard InChI is InChI=1S/C29H28FN3O2S/c1-20(21-9-5-4-6-10-21)33(29(35)27-13-8-16-36-27)19-23-18-25(14-15-26(23)32(2)3)31-28(34)22-11-7-12-24(30)17-22/h4-18,20H,19H2,1-3H3,(H,31,34)/t20-/m0/s1. The van der Waals surface area contributed by atoms with Gasteiger partial charge in [-0.05, 0) is 65.9 Å². The summed E-state index contributed by atoms with van der Waals surface area (Å²) in [5.74, 6) is -0.925. The first-order chi connectivity index (χ1) is 17.3. The molecule has 0 bridgehead atoms. The number of carbonyl (C=O) groups excluding carboxylic acids is 2. The van der Waals surface area contributed by atoms with Crippen molar-refractivity contribution in [1.29, 1.82) is 0 Å². The Labute approximate surface area is 214 Å². The molecule has 3 aromatic carbocycles. The summed E-state index contributed by atoms with van der Waals surface area (Å²) in [6, 6.07) is 24.6. The Bertz CT molecular complexity index is 1340. The van der Waals surface area contributed by atoms with Crippen LogP contribution in [0.4, 0.5) is 15.8 Å². The minimum atomic E-state index is -0.469. The maximum Gasteiger partial charge on any atom is 0.264 e. The van der Waals surface area contributed by atoms with E-state index in [2.05, 4.69) is 5.32 Å². The summed E-state index contributed by atoms with van der Waals surface area (Å²) in [5.41, 5.74) is 3.65. The number of nitrogens with one attached hydrogen (secondary N) is 1. The molecule has 4 aromatic rings. The minimum absolute atomic E-state index is 0.0553. The number of thiophene rings is 1. The van der Waals surface area contributed by atoms with Crippen molar-refractivity contribution in [2.24, 2.45) is 0 Å². The van der Waals surface area contributed by atoms with Crippen LogP contribution in [0, 0.1) is 5.82 Å². The molecule has 184 valence electrons. The van der Waals surface area contributed by atoms with Crippen LogP contribution in [-0.4, -0.2) is 30.8 Å². The number of benzene rings is 3. The van der Waals surface area contributed by atoms with Crippen LogP contribution >= 0.6 is 11.3 Å². The van der Waals surface area contributed by atoms with Crippen molar-refractivity contribution in [2.75, 3.05) is 24.3 Å². The first-order valence-corrected chi connectivity index (χ1v) is 12.5. The van der Waals surface area contributed by atoms with Gasteiger partial charge in [-0.25, -0.2) is 4.39 Å². The number of nitrogens with zero attached hydrogens (tertiary/aromatic N) is 2. The smallest absolute Gasteiger partial charge is 0.264 e. The van der Waals surface area contributed by atoms with Gasteiger partial charge in [0.05, 0.1) is 10.9 Å². The lowest BCUT2D eigenvalue weighted by Crippen LogP contribution is -2.33. The first-order valence-electron chi connectivity index (χ1n) is 11.6. The third-order valence-corrected chi connectivity index (χ3v) is 6.85. The fourth-order valence-electron chi connectivity index (χ4n) is 4.08. The fourth-order valence-corrected chi connectivity index (χ4v) is 4.76. The van der Waals surface area contributed by atoms with E-state index in [1.165, 1.54) is 29.5 Å². The van der Waals surface area contributed by atoms with Gasteiger partial charge in [-0.15, -0.1) is 11.3 Å². The van der Waals surface area contributed by atoms with Gasteiger partial charge in [0.15, 0.2) is 0 Å². The van der Waals surface area contributed by atoms with Crippen molar-refractivity contribution >= 4 is 34.5 Å². The molecule has 0 aliphatic rings. The Morgan fingerprint density at radius 1 is 0.944 bits per heavy atom. The molecule has 1 aromatic heterocycles. The van der Waals surface area contributed by atoms with Crippen LogP contribution in [0.3, 0.4) is 0 Å². The Hall–Kier alpha value is -3.97. The molecule has 2 amide bonds. The van der Waals surface area contributed by atoms with Crippen LogP contribution in [0.25, 0.3) is 0 Å². The Balaban J connectivity index is 1.68. The zero-order valence-corrected chi connectivity index (χ0v) is 21.3. The summed E-state index contributed by atoms with van der Waals surface area (Å²) in [6.45, 7) is 2.36. The molecule has 0 saturated heterocycles. The van der Waals surface area contributed by atoms with Gasteiger partial charge >= 0.3 is 0 Å². The van der Waals surface area contributed by atoms with Crippen LogP contribution < -0.4 is 10.2 Å². The highest BCUT2D eigenvalue weighted by Crippen LogP contribution is 2.30. The molecule has 4 rings (SSSR count). The predicted molar refractivity (Wildman–Crippen MR) is 144 cm³/mol. The quantitative estimate of drug-likeness (QED) is 0.296. The average molecular weight is 502 g/mol. The number of hydrogen-bond donors (Lipinski definition) is 1. The molecular weight excluding hydrogens is 473 g/mol. The van der Waals surface area contributed by atoms with Crippen LogP contribution in [0.5, 0.6) is 0 Å². The Morgan fingerprint density at radius 3 is 2.39 bits per heavy atom. The second-order valence-electron chi connectivity index (χ2n) is 8.70. The molecule has 0 fully saturated rings. The molecule has 7 heteroatoms. The number of carbonyl (C=O) groups is 2. The zero-order valence-electron chi connectivity index (χ0n) is 20.4. The minimum Gasteiger partial charge on any atom is -0.377 e. The second kappa shape index (κ2) is 11.2. The lowest BCUT2D eigenvalue weighted by Gasteiger charge is -2.31.